The van der Waals surface area contributed by atoms with Gasteiger partial charge in [0.1, 0.15) is 11.5 Å². The number of carbonyl (C=O) groups is 1. The topological polar surface area (TPSA) is 54.6 Å². The van der Waals surface area contributed by atoms with E-state index < -0.39 is 0 Å². The second-order valence-electron chi connectivity index (χ2n) is 7.75. The van der Waals surface area contributed by atoms with Gasteiger partial charge in [-0.3, -0.25) is 4.79 Å². The standard InChI is InChI=1S/C23H22Cl2N2O2/c1-23(2,3)17-7-4-15(5-8-17)12-22(28)27-26-14-18-9-11-21(29-18)16-6-10-19(24)20(25)13-16/h4-11,13-14H,12H2,1-3H3,(H,27,28). The highest BCUT2D eigenvalue weighted by Gasteiger charge is 2.13. The number of benzene rings is 2. The molecular formula is C23H22Cl2N2O2. The van der Waals surface area contributed by atoms with Crippen molar-refractivity contribution in [1.29, 1.82) is 0 Å². The van der Waals surface area contributed by atoms with Crippen molar-refractivity contribution >= 4 is 35.3 Å². The van der Waals surface area contributed by atoms with E-state index in [1.807, 2.05) is 18.2 Å². The van der Waals surface area contributed by atoms with E-state index >= 15 is 0 Å². The summed E-state index contributed by atoms with van der Waals surface area (Å²) in [6.45, 7) is 6.47. The molecule has 1 amide bonds. The van der Waals surface area contributed by atoms with Gasteiger partial charge in [0.15, 0.2) is 0 Å². The third-order valence-corrected chi connectivity index (χ3v) is 5.14. The Morgan fingerprint density at radius 1 is 1.03 bits per heavy atom. The zero-order chi connectivity index (χ0) is 21.0. The Kier molecular flexibility index (Phi) is 6.46. The number of halogens is 2. The van der Waals surface area contributed by atoms with Crippen molar-refractivity contribution in [3.63, 3.8) is 0 Å². The lowest BCUT2D eigenvalue weighted by atomic mass is 9.86. The first-order valence-electron chi connectivity index (χ1n) is 9.19. The largest absolute Gasteiger partial charge is 0.455 e. The highest BCUT2D eigenvalue weighted by Crippen LogP contribution is 2.29. The molecule has 0 atom stereocenters. The van der Waals surface area contributed by atoms with Crippen molar-refractivity contribution in [2.75, 3.05) is 0 Å². The molecule has 3 aromatic rings. The van der Waals surface area contributed by atoms with Gasteiger partial charge in [0.25, 0.3) is 0 Å². The number of furan rings is 1. The molecule has 2 aromatic carbocycles. The van der Waals surface area contributed by atoms with Crippen molar-refractivity contribution in [2.24, 2.45) is 5.10 Å². The molecule has 0 spiro atoms. The van der Waals surface area contributed by atoms with Crippen molar-refractivity contribution in [1.82, 2.24) is 5.43 Å². The summed E-state index contributed by atoms with van der Waals surface area (Å²) in [6.07, 6.45) is 1.72. The summed E-state index contributed by atoms with van der Waals surface area (Å²) >= 11 is 12.0. The first-order chi connectivity index (χ1) is 13.7. The number of nitrogens with zero attached hydrogens (tertiary/aromatic N) is 1. The molecule has 0 aliphatic heterocycles. The molecular weight excluding hydrogens is 407 g/mol. The lowest BCUT2D eigenvalue weighted by molar-refractivity contribution is -0.120. The molecule has 29 heavy (non-hydrogen) atoms. The van der Waals surface area contributed by atoms with Crippen LogP contribution in [-0.2, 0) is 16.6 Å². The van der Waals surface area contributed by atoms with Gasteiger partial charge in [0.05, 0.1) is 22.7 Å². The van der Waals surface area contributed by atoms with Crippen LogP contribution in [0.15, 0.2) is 64.1 Å². The minimum Gasteiger partial charge on any atom is -0.455 e. The Bertz CT molecular complexity index is 1030. The maximum absolute atomic E-state index is 12.1. The predicted molar refractivity (Wildman–Crippen MR) is 119 cm³/mol. The monoisotopic (exact) mass is 428 g/mol. The van der Waals surface area contributed by atoms with Crippen molar-refractivity contribution < 1.29 is 9.21 Å². The zero-order valence-electron chi connectivity index (χ0n) is 16.5. The second-order valence-corrected chi connectivity index (χ2v) is 8.56. The lowest BCUT2D eigenvalue weighted by Gasteiger charge is -2.19. The Morgan fingerprint density at radius 2 is 1.76 bits per heavy atom. The fourth-order valence-corrected chi connectivity index (χ4v) is 3.04. The molecule has 0 saturated heterocycles. The number of hydrazone groups is 1. The summed E-state index contributed by atoms with van der Waals surface area (Å²) in [5, 5.41) is 4.91. The van der Waals surface area contributed by atoms with E-state index in [4.69, 9.17) is 27.6 Å². The highest BCUT2D eigenvalue weighted by molar-refractivity contribution is 6.42. The molecule has 4 nitrogen and oxygen atoms in total. The average Bonchev–Trinajstić information content (AvgIpc) is 3.12. The summed E-state index contributed by atoms with van der Waals surface area (Å²) in [5.41, 5.74) is 5.58. The molecule has 1 heterocycles. The zero-order valence-corrected chi connectivity index (χ0v) is 18.0. The third kappa shape index (κ3) is 5.72. The van der Waals surface area contributed by atoms with Gasteiger partial charge >= 0.3 is 0 Å². The van der Waals surface area contributed by atoms with E-state index in [0.717, 1.165) is 11.1 Å². The van der Waals surface area contributed by atoms with Crippen molar-refractivity contribution in [3.05, 3.63) is 81.5 Å². The van der Waals surface area contributed by atoms with E-state index in [2.05, 4.69) is 43.4 Å². The van der Waals surface area contributed by atoms with Crippen LogP contribution in [0.4, 0.5) is 0 Å². The van der Waals surface area contributed by atoms with Crippen LogP contribution in [0.5, 0.6) is 0 Å². The summed E-state index contributed by atoms with van der Waals surface area (Å²) in [4.78, 5) is 12.1. The number of carbonyl (C=O) groups excluding carboxylic acids is 1. The van der Waals surface area contributed by atoms with E-state index in [9.17, 15) is 4.79 Å². The van der Waals surface area contributed by atoms with Crippen LogP contribution in [-0.4, -0.2) is 12.1 Å². The first kappa shape index (κ1) is 21.2. The van der Waals surface area contributed by atoms with Crippen molar-refractivity contribution in [3.8, 4) is 11.3 Å². The quantitative estimate of drug-likeness (QED) is 0.385. The molecule has 1 N–H and O–H groups in total. The molecule has 0 aliphatic rings. The smallest absolute Gasteiger partial charge is 0.244 e. The number of nitrogens with one attached hydrogen (secondary N) is 1. The molecule has 0 saturated carbocycles. The van der Waals surface area contributed by atoms with Gasteiger partial charge in [-0.15, -0.1) is 0 Å². The van der Waals surface area contributed by atoms with E-state index in [1.165, 1.54) is 11.8 Å². The Morgan fingerprint density at radius 3 is 2.41 bits per heavy atom. The molecule has 150 valence electrons. The minimum absolute atomic E-state index is 0.0876. The molecule has 0 fully saturated rings. The maximum atomic E-state index is 12.1. The minimum atomic E-state index is -0.193. The van der Waals surface area contributed by atoms with Gasteiger partial charge < -0.3 is 4.42 Å². The summed E-state index contributed by atoms with van der Waals surface area (Å²) < 4.78 is 5.71. The third-order valence-electron chi connectivity index (χ3n) is 4.40. The number of hydrogen-bond donors (Lipinski definition) is 1. The fourth-order valence-electron chi connectivity index (χ4n) is 2.74. The van der Waals surface area contributed by atoms with Crippen LogP contribution in [0.25, 0.3) is 11.3 Å². The van der Waals surface area contributed by atoms with Gasteiger partial charge in [-0.2, -0.15) is 5.10 Å². The number of hydrogen-bond acceptors (Lipinski definition) is 3. The molecule has 6 heteroatoms. The highest BCUT2D eigenvalue weighted by atomic mass is 35.5. The first-order valence-corrected chi connectivity index (χ1v) is 9.94. The molecule has 0 radical (unpaired) electrons. The van der Waals surface area contributed by atoms with Gasteiger partial charge in [0, 0.05) is 5.56 Å². The van der Waals surface area contributed by atoms with Crippen LogP contribution in [0.2, 0.25) is 10.0 Å². The van der Waals surface area contributed by atoms with E-state index in [-0.39, 0.29) is 17.7 Å². The molecule has 1 aromatic heterocycles. The van der Waals surface area contributed by atoms with Gasteiger partial charge in [-0.25, -0.2) is 5.43 Å². The molecule has 0 aliphatic carbocycles. The predicted octanol–water partition coefficient (Wildman–Crippen LogP) is 6.24. The normalized spacial score (nSPS) is 11.8. The van der Waals surface area contributed by atoms with Crippen LogP contribution in [0, 0.1) is 0 Å². The number of amides is 1. The molecule has 0 bridgehead atoms. The molecule has 0 unspecified atom stereocenters. The Hall–Kier alpha value is -2.56. The van der Waals surface area contributed by atoms with Crippen LogP contribution in [0.3, 0.4) is 0 Å². The van der Waals surface area contributed by atoms with Gasteiger partial charge in [-0.05, 0) is 46.9 Å². The molecule has 3 rings (SSSR count). The Labute approximate surface area is 180 Å². The van der Waals surface area contributed by atoms with Crippen LogP contribution < -0.4 is 5.43 Å². The SMILES string of the molecule is CC(C)(C)c1ccc(CC(=O)NN=Cc2ccc(-c3ccc(Cl)c(Cl)c3)o2)cc1. The lowest BCUT2D eigenvalue weighted by Crippen LogP contribution is -2.20. The number of rotatable bonds is 5. The van der Waals surface area contributed by atoms with E-state index in [0.29, 0.717) is 21.6 Å². The summed E-state index contributed by atoms with van der Waals surface area (Å²) in [7, 11) is 0. The average molecular weight is 429 g/mol. The fraction of sp³-hybridized carbons (Fsp3) is 0.217. The van der Waals surface area contributed by atoms with Gasteiger partial charge in [-0.1, -0.05) is 68.2 Å². The maximum Gasteiger partial charge on any atom is 0.244 e. The summed E-state index contributed by atoms with van der Waals surface area (Å²) in [6, 6.07) is 16.9. The van der Waals surface area contributed by atoms with Crippen LogP contribution in [0.1, 0.15) is 37.7 Å². The van der Waals surface area contributed by atoms with Gasteiger partial charge in [0.2, 0.25) is 5.91 Å². The Balaban J connectivity index is 1.56. The summed E-state index contributed by atoms with van der Waals surface area (Å²) in [5.74, 6) is 0.956. The second kappa shape index (κ2) is 8.85. The van der Waals surface area contributed by atoms with E-state index in [1.54, 1.807) is 24.3 Å². The van der Waals surface area contributed by atoms with Crippen LogP contribution >= 0.6 is 23.2 Å². The van der Waals surface area contributed by atoms with Crippen molar-refractivity contribution in [2.45, 2.75) is 32.6 Å².